The fraction of sp³-hybridized carbons (Fsp3) is 0.381. The van der Waals surface area contributed by atoms with Gasteiger partial charge in [0.25, 0.3) is 0 Å². The molecule has 1 heterocycles. The predicted molar refractivity (Wildman–Crippen MR) is 116 cm³/mol. The van der Waals surface area contributed by atoms with Crippen LogP contribution in [0.2, 0.25) is 0 Å². The normalized spacial score (nSPS) is 14.5. The van der Waals surface area contributed by atoms with Gasteiger partial charge in [0.05, 0.1) is 6.26 Å². The van der Waals surface area contributed by atoms with Gasteiger partial charge < -0.3 is 20.5 Å². The van der Waals surface area contributed by atoms with Gasteiger partial charge in [0, 0.05) is 29.9 Å². The first kappa shape index (κ1) is 22.1. The van der Waals surface area contributed by atoms with Crippen molar-refractivity contribution in [1.82, 2.24) is 5.32 Å². The molecule has 162 valence electrons. The van der Waals surface area contributed by atoms with Gasteiger partial charge in [-0.2, -0.15) is 0 Å². The molecule has 4 N–H and O–H groups in total. The van der Waals surface area contributed by atoms with Crippen LogP contribution in [0.25, 0.3) is 0 Å². The highest BCUT2D eigenvalue weighted by Gasteiger charge is 2.18. The maximum Gasteiger partial charge on any atom is 0.229 e. The van der Waals surface area contributed by atoms with Crippen molar-refractivity contribution in [3.05, 3.63) is 53.6 Å². The summed E-state index contributed by atoms with van der Waals surface area (Å²) in [5.74, 6) is 0.694. The van der Waals surface area contributed by atoms with E-state index in [1.807, 2.05) is 30.3 Å². The summed E-state index contributed by atoms with van der Waals surface area (Å²) < 4.78 is 30.6. The van der Waals surface area contributed by atoms with Crippen LogP contribution < -0.4 is 20.1 Å². The van der Waals surface area contributed by atoms with Crippen molar-refractivity contribution < 1.29 is 23.1 Å². The molecule has 1 aliphatic heterocycles. The second-order valence-corrected chi connectivity index (χ2v) is 9.07. The largest absolute Gasteiger partial charge is 0.490 e. The van der Waals surface area contributed by atoms with Crippen molar-refractivity contribution >= 4 is 27.3 Å². The SMILES string of the molecule is CS(=O)(=O)Nc1ccc(CCNCC(O)COc2cccc3c2CCC(=O)N3)cc1. The first-order chi connectivity index (χ1) is 14.3. The van der Waals surface area contributed by atoms with Crippen molar-refractivity contribution in [3.8, 4) is 5.75 Å². The van der Waals surface area contributed by atoms with E-state index in [1.54, 1.807) is 12.1 Å². The van der Waals surface area contributed by atoms with E-state index in [2.05, 4.69) is 15.4 Å². The molecule has 1 atom stereocenters. The number of rotatable bonds is 10. The van der Waals surface area contributed by atoms with E-state index < -0.39 is 16.1 Å². The third kappa shape index (κ3) is 6.72. The first-order valence-electron chi connectivity index (χ1n) is 9.80. The molecule has 1 aliphatic rings. The number of hydrogen-bond donors (Lipinski definition) is 4. The van der Waals surface area contributed by atoms with Crippen molar-refractivity contribution in [3.63, 3.8) is 0 Å². The molecule has 3 rings (SSSR count). The fourth-order valence-electron chi connectivity index (χ4n) is 3.23. The molecule has 30 heavy (non-hydrogen) atoms. The Morgan fingerprint density at radius 2 is 1.93 bits per heavy atom. The van der Waals surface area contributed by atoms with Gasteiger partial charge in [-0.3, -0.25) is 9.52 Å². The van der Waals surface area contributed by atoms with E-state index in [0.717, 1.165) is 29.5 Å². The number of aliphatic hydroxyl groups is 1. The molecule has 2 aromatic carbocycles. The molecule has 0 spiro atoms. The Kier molecular flexibility index (Phi) is 7.30. The van der Waals surface area contributed by atoms with E-state index in [9.17, 15) is 18.3 Å². The number of anilines is 2. The van der Waals surface area contributed by atoms with Crippen LogP contribution in [0.15, 0.2) is 42.5 Å². The van der Waals surface area contributed by atoms with Gasteiger partial charge >= 0.3 is 0 Å². The maximum atomic E-state index is 11.5. The molecule has 0 aliphatic carbocycles. The van der Waals surface area contributed by atoms with E-state index in [1.165, 1.54) is 0 Å². The lowest BCUT2D eigenvalue weighted by Gasteiger charge is -2.21. The van der Waals surface area contributed by atoms with E-state index >= 15 is 0 Å². The first-order valence-corrected chi connectivity index (χ1v) is 11.7. The summed E-state index contributed by atoms with van der Waals surface area (Å²) in [5.41, 5.74) is 3.33. The Morgan fingerprint density at radius 3 is 2.67 bits per heavy atom. The smallest absolute Gasteiger partial charge is 0.229 e. The molecule has 1 amide bonds. The minimum atomic E-state index is -3.27. The third-order valence-corrected chi connectivity index (χ3v) is 5.27. The summed E-state index contributed by atoms with van der Waals surface area (Å²) >= 11 is 0. The van der Waals surface area contributed by atoms with E-state index in [0.29, 0.717) is 37.4 Å². The minimum absolute atomic E-state index is 0.00480. The molecule has 9 heteroatoms. The van der Waals surface area contributed by atoms with Crippen molar-refractivity contribution in [2.75, 3.05) is 36.0 Å². The monoisotopic (exact) mass is 433 g/mol. The molecule has 0 bridgehead atoms. The lowest BCUT2D eigenvalue weighted by Crippen LogP contribution is -2.32. The van der Waals surface area contributed by atoms with Crippen molar-refractivity contribution in [2.24, 2.45) is 0 Å². The lowest BCUT2D eigenvalue weighted by atomic mass is 10.0. The Balaban J connectivity index is 1.38. The second kappa shape index (κ2) is 9.92. The Labute approximate surface area is 176 Å². The van der Waals surface area contributed by atoms with Gasteiger partial charge in [-0.1, -0.05) is 18.2 Å². The summed E-state index contributed by atoms with van der Waals surface area (Å²) in [7, 11) is -3.27. The average molecular weight is 434 g/mol. The number of aliphatic hydroxyl groups excluding tert-OH is 1. The number of hydrogen-bond acceptors (Lipinski definition) is 6. The number of sulfonamides is 1. The standard InChI is InChI=1S/C21H27N3O5S/c1-30(27,28)24-16-7-5-15(6-8-16)11-12-22-13-17(25)14-29-20-4-2-3-19-18(20)9-10-21(26)23-19/h2-8,17,22,24-25H,9-14H2,1H3,(H,23,26). The molecular weight excluding hydrogens is 406 g/mol. The van der Waals surface area contributed by atoms with Crippen LogP contribution in [0.3, 0.4) is 0 Å². The number of carbonyl (C=O) groups excluding carboxylic acids is 1. The van der Waals surface area contributed by atoms with Gasteiger partial charge in [0.1, 0.15) is 18.5 Å². The molecule has 8 nitrogen and oxygen atoms in total. The number of amides is 1. The Hall–Kier alpha value is -2.62. The highest BCUT2D eigenvalue weighted by Crippen LogP contribution is 2.31. The molecule has 0 radical (unpaired) electrons. The van der Waals surface area contributed by atoms with Crippen LogP contribution in [0, 0.1) is 0 Å². The lowest BCUT2D eigenvalue weighted by molar-refractivity contribution is -0.116. The van der Waals surface area contributed by atoms with Crippen LogP contribution in [-0.4, -0.2) is 51.5 Å². The quantitative estimate of drug-likeness (QED) is 0.422. The highest BCUT2D eigenvalue weighted by atomic mass is 32.2. The Morgan fingerprint density at radius 1 is 1.17 bits per heavy atom. The second-order valence-electron chi connectivity index (χ2n) is 7.32. The summed E-state index contributed by atoms with van der Waals surface area (Å²) in [4.78, 5) is 11.5. The van der Waals surface area contributed by atoms with Crippen molar-refractivity contribution in [1.29, 1.82) is 0 Å². The zero-order valence-electron chi connectivity index (χ0n) is 16.8. The molecule has 2 aromatic rings. The van der Waals surface area contributed by atoms with Gasteiger partial charge in [-0.15, -0.1) is 0 Å². The molecule has 0 aromatic heterocycles. The van der Waals surface area contributed by atoms with Crippen LogP contribution in [0.1, 0.15) is 17.5 Å². The van der Waals surface area contributed by atoms with E-state index in [-0.39, 0.29) is 12.5 Å². The maximum absolute atomic E-state index is 11.5. The van der Waals surface area contributed by atoms with Crippen LogP contribution >= 0.6 is 0 Å². The molecule has 0 fully saturated rings. The number of carbonyl (C=O) groups is 1. The summed E-state index contributed by atoms with van der Waals surface area (Å²) in [6, 6.07) is 12.7. The van der Waals surface area contributed by atoms with Crippen molar-refractivity contribution in [2.45, 2.75) is 25.4 Å². The van der Waals surface area contributed by atoms with E-state index in [4.69, 9.17) is 4.74 Å². The van der Waals surface area contributed by atoms with Gasteiger partial charge in [-0.05, 0) is 49.2 Å². The summed E-state index contributed by atoms with van der Waals surface area (Å²) in [6.07, 6.45) is 2.26. The predicted octanol–water partition coefficient (Wildman–Crippen LogP) is 1.51. The summed E-state index contributed by atoms with van der Waals surface area (Å²) in [6.45, 7) is 1.21. The highest BCUT2D eigenvalue weighted by molar-refractivity contribution is 7.92. The number of benzene rings is 2. The number of ether oxygens (including phenoxy) is 1. The topological polar surface area (TPSA) is 117 Å². The zero-order valence-corrected chi connectivity index (χ0v) is 17.7. The van der Waals surface area contributed by atoms with Crippen LogP contribution in [0.4, 0.5) is 11.4 Å². The molecular formula is C21H27N3O5S. The average Bonchev–Trinajstić information content (AvgIpc) is 2.69. The summed E-state index contributed by atoms with van der Waals surface area (Å²) in [5, 5.41) is 16.2. The minimum Gasteiger partial charge on any atom is -0.490 e. The van der Waals surface area contributed by atoms with Crippen LogP contribution in [0.5, 0.6) is 5.75 Å². The fourth-order valence-corrected chi connectivity index (χ4v) is 3.79. The van der Waals surface area contributed by atoms with Gasteiger partial charge in [0.2, 0.25) is 15.9 Å². The number of fused-ring (bicyclic) bond motifs is 1. The van der Waals surface area contributed by atoms with Gasteiger partial charge in [0.15, 0.2) is 0 Å². The molecule has 0 saturated carbocycles. The third-order valence-electron chi connectivity index (χ3n) is 4.67. The Bertz CT molecular complexity index is 977. The molecule has 1 unspecified atom stereocenters. The van der Waals surface area contributed by atoms with Crippen LogP contribution in [-0.2, 0) is 27.7 Å². The number of nitrogens with one attached hydrogen (secondary N) is 3. The zero-order chi connectivity index (χ0) is 21.6. The molecule has 0 saturated heterocycles. The van der Waals surface area contributed by atoms with Gasteiger partial charge in [-0.25, -0.2) is 8.42 Å².